The zero-order valence-corrected chi connectivity index (χ0v) is 10.4. The summed E-state index contributed by atoms with van der Waals surface area (Å²) in [6.07, 6.45) is 1.65. The first-order chi connectivity index (χ1) is 8.60. The molecule has 0 amide bonds. The SMILES string of the molecule is CCCc1nc(N)nc(-c2ccc(C)c(F)c2)n1. The van der Waals surface area contributed by atoms with Crippen molar-refractivity contribution in [2.45, 2.75) is 26.7 Å². The van der Waals surface area contributed by atoms with E-state index >= 15 is 0 Å². The molecule has 0 saturated heterocycles. The number of rotatable bonds is 3. The van der Waals surface area contributed by atoms with Crippen molar-refractivity contribution in [3.8, 4) is 11.4 Å². The predicted octanol–water partition coefficient (Wildman–Crippen LogP) is 2.52. The second-order valence-electron chi connectivity index (χ2n) is 4.15. The van der Waals surface area contributed by atoms with Gasteiger partial charge in [0.15, 0.2) is 5.82 Å². The number of hydrogen-bond donors (Lipinski definition) is 1. The fourth-order valence-electron chi connectivity index (χ4n) is 1.63. The molecule has 5 heteroatoms. The Bertz CT molecular complexity index is 569. The molecule has 0 aliphatic carbocycles. The van der Waals surface area contributed by atoms with Gasteiger partial charge in [0.2, 0.25) is 5.95 Å². The molecule has 2 N–H and O–H groups in total. The van der Waals surface area contributed by atoms with Crippen molar-refractivity contribution in [3.63, 3.8) is 0 Å². The predicted molar refractivity (Wildman–Crippen MR) is 68.4 cm³/mol. The zero-order valence-electron chi connectivity index (χ0n) is 10.4. The van der Waals surface area contributed by atoms with Crippen LogP contribution in [0.15, 0.2) is 18.2 Å². The lowest BCUT2D eigenvalue weighted by atomic mass is 10.1. The lowest BCUT2D eigenvalue weighted by Gasteiger charge is -2.05. The Kier molecular flexibility index (Phi) is 3.50. The van der Waals surface area contributed by atoms with Crippen LogP contribution in [0.2, 0.25) is 0 Å². The van der Waals surface area contributed by atoms with Crippen molar-refractivity contribution >= 4 is 5.95 Å². The largest absolute Gasteiger partial charge is 0.368 e. The summed E-state index contributed by atoms with van der Waals surface area (Å²) in [6.45, 7) is 3.74. The average Bonchev–Trinajstić information content (AvgIpc) is 2.32. The Morgan fingerprint density at radius 3 is 2.67 bits per heavy atom. The second kappa shape index (κ2) is 5.08. The highest BCUT2D eigenvalue weighted by Gasteiger charge is 2.08. The molecule has 1 heterocycles. The van der Waals surface area contributed by atoms with E-state index in [0.29, 0.717) is 22.8 Å². The summed E-state index contributed by atoms with van der Waals surface area (Å²) in [5.41, 5.74) is 6.85. The smallest absolute Gasteiger partial charge is 0.223 e. The van der Waals surface area contributed by atoms with Crippen LogP contribution in [0.1, 0.15) is 24.7 Å². The maximum atomic E-state index is 13.5. The van der Waals surface area contributed by atoms with Crippen molar-refractivity contribution in [2.75, 3.05) is 5.73 Å². The molecule has 18 heavy (non-hydrogen) atoms. The molecule has 2 rings (SSSR count). The van der Waals surface area contributed by atoms with Crippen LogP contribution < -0.4 is 5.73 Å². The van der Waals surface area contributed by atoms with Crippen LogP contribution in [0.3, 0.4) is 0 Å². The molecule has 0 spiro atoms. The van der Waals surface area contributed by atoms with Gasteiger partial charge in [0, 0.05) is 12.0 Å². The van der Waals surface area contributed by atoms with Gasteiger partial charge in [0.25, 0.3) is 0 Å². The fraction of sp³-hybridized carbons (Fsp3) is 0.308. The molecule has 0 atom stereocenters. The summed E-state index contributed by atoms with van der Waals surface area (Å²) < 4.78 is 13.5. The van der Waals surface area contributed by atoms with E-state index in [9.17, 15) is 4.39 Å². The summed E-state index contributed by atoms with van der Waals surface area (Å²) in [7, 11) is 0. The van der Waals surface area contributed by atoms with Crippen LogP contribution in [-0.2, 0) is 6.42 Å². The zero-order chi connectivity index (χ0) is 13.1. The third kappa shape index (κ3) is 2.61. The quantitative estimate of drug-likeness (QED) is 0.903. The first-order valence-corrected chi connectivity index (χ1v) is 5.87. The van der Waals surface area contributed by atoms with Crippen molar-refractivity contribution in [1.82, 2.24) is 15.0 Å². The van der Waals surface area contributed by atoms with Crippen LogP contribution in [0.5, 0.6) is 0 Å². The summed E-state index contributed by atoms with van der Waals surface area (Å²) in [5.74, 6) is 0.957. The number of aryl methyl sites for hydroxylation is 2. The van der Waals surface area contributed by atoms with Crippen LogP contribution in [0.4, 0.5) is 10.3 Å². The van der Waals surface area contributed by atoms with Gasteiger partial charge in [-0.15, -0.1) is 0 Å². The van der Waals surface area contributed by atoms with Gasteiger partial charge in [-0.25, -0.2) is 9.37 Å². The summed E-state index contributed by atoms with van der Waals surface area (Å²) >= 11 is 0. The molecule has 0 saturated carbocycles. The van der Waals surface area contributed by atoms with E-state index in [-0.39, 0.29) is 11.8 Å². The Morgan fingerprint density at radius 1 is 1.22 bits per heavy atom. The Morgan fingerprint density at radius 2 is 2.00 bits per heavy atom. The third-order valence-corrected chi connectivity index (χ3v) is 2.60. The first kappa shape index (κ1) is 12.4. The summed E-state index contributed by atoms with van der Waals surface area (Å²) in [5, 5.41) is 0. The van der Waals surface area contributed by atoms with Crippen molar-refractivity contribution in [2.24, 2.45) is 0 Å². The van der Waals surface area contributed by atoms with E-state index < -0.39 is 0 Å². The molecule has 0 unspecified atom stereocenters. The Balaban J connectivity index is 2.46. The van der Waals surface area contributed by atoms with Gasteiger partial charge in [0.05, 0.1) is 0 Å². The van der Waals surface area contributed by atoms with E-state index in [1.54, 1.807) is 19.1 Å². The van der Waals surface area contributed by atoms with Gasteiger partial charge in [-0.2, -0.15) is 9.97 Å². The maximum Gasteiger partial charge on any atom is 0.223 e. The third-order valence-electron chi connectivity index (χ3n) is 2.60. The summed E-state index contributed by atoms with van der Waals surface area (Å²) in [4.78, 5) is 12.4. The van der Waals surface area contributed by atoms with Crippen LogP contribution in [-0.4, -0.2) is 15.0 Å². The van der Waals surface area contributed by atoms with Gasteiger partial charge >= 0.3 is 0 Å². The molecule has 0 aliphatic rings. The number of aromatic nitrogens is 3. The number of anilines is 1. The Hall–Kier alpha value is -2.04. The van der Waals surface area contributed by atoms with Gasteiger partial charge in [-0.05, 0) is 25.0 Å². The standard InChI is InChI=1S/C13H15FN4/c1-3-4-11-16-12(18-13(15)17-11)9-6-5-8(2)10(14)7-9/h5-7H,3-4H2,1-2H3,(H2,15,16,17,18). The van der Waals surface area contributed by atoms with Crippen LogP contribution >= 0.6 is 0 Å². The molecule has 0 bridgehead atoms. The highest BCUT2D eigenvalue weighted by atomic mass is 19.1. The lowest BCUT2D eigenvalue weighted by molar-refractivity contribution is 0.619. The van der Waals surface area contributed by atoms with E-state index in [2.05, 4.69) is 15.0 Å². The number of nitrogens with zero attached hydrogens (tertiary/aromatic N) is 3. The fourth-order valence-corrected chi connectivity index (χ4v) is 1.63. The van der Waals surface area contributed by atoms with Gasteiger partial charge in [-0.1, -0.05) is 19.1 Å². The molecule has 0 radical (unpaired) electrons. The van der Waals surface area contributed by atoms with Gasteiger partial charge < -0.3 is 5.73 Å². The highest BCUT2D eigenvalue weighted by molar-refractivity contribution is 5.56. The monoisotopic (exact) mass is 246 g/mol. The number of nitrogen functional groups attached to an aromatic ring is 1. The van der Waals surface area contributed by atoms with E-state index in [4.69, 9.17) is 5.73 Å². The molecular weight excluding hydrogens is 231 g/mol. The van der Waals surface area contributed by atoms with Crippen molar-refractivity contribution in [1.29, 1.82) is 0 Å². The van der Waals surface area contributed by atoms with Crippen LogP contribution in [0, 0.1) is 12.7 Å². The molecule has 0 fully saturated rings. The molecular formula is C13H15FN4. The normalized spacial score (nSPS) is 10.6. The van der Waals surface area contributed by atoms with E-state index in [1.807, 2.05) is 6.92 Å². The first-order valence-electron chi connectivity index (χ1n) is 5.87. The molecule has 94 valence electrons. The minimum absolute atomic E-state index is 0.171. The van der Waals surface area contributed by atoms with Crippen molar-refractivity contribution in [3.05, 3.63) is 35.4 Å². The topological polar surface area (TPSA) is 64.7 Å². The summed E-state index contributed by atoms with van der Waals surface area (Å²) in [6, 6.07) is 4.90. The average molecular weight is 246 g/mol. The molecule has 4 nitrogen and oxygen atoms in total. The number of halogens is 1. The second-order valence-corrected chi connectivity index (χ2v) is 4.15. The van der Waals surface area contributed by atoms with Crippen molar-refractivity contribution < 1.29 is 4.39 Å². The van der Waals surface area contributed by atoms with Gasteiger partial charge in [-0.3, -0.25) is 0 Å². The molecule has 0 aliphatic heterocycles. The number of benzene rings is 1. The van der Waals surface area contributed by atoms with E-state index in [0.717, 1.165) is 12.8 Å². The lowest BCUT2D eigenvalue weighted by Crippen LogP contribution is -2.05. The van der Waals surface area contributed by atoms with E-state index in [1.165, 1.54) is 6.07 Å². The maximum absolute atomic E-state index is 13.5. The molecule has 1 aromatic carbocycles. The minimum Gasteiger partial charge on any atom is -0.368 e. The van der Waals surface area contributed by atoms with Gasteiger partial charge in [0.1, 0.15) is 11.6 Å². The molecule has 2 aromatic rings. The number of hydrogen-bond acceptors (Lipinski definition) is 4. The van der Waals surface area contributed by atoms with Crippen LogP contribution in [0.25, 0.3) is 11.4 Å². The number of nitrogens with two attached hydrogens (primary N) is 1. The molecule has 1 aromatic heterocycles. The minimum atomic E-state index is -0.275. The Labute approximate surface area is 105 Å². The highest BCUT2D eigenvalue weighted by Crippen LogP contribution is 2.19.